The van der Waals surface area contributed by atoms with Crippen LogP contribution in [0.4, 0.5) is 11.5 Å². The summed E-state index contributed by atoms with van der Waals surface area (Å²) in [7, 11) is 2.09. The summed E-state index contributed by atoms with van der Waals surface area (Å²) in [6.07, 6.45) is 3.37. The van der Waals surface area contributed by atoms with E-state index >= 15 is 0 Å². The lowest BCUT2D eigenvalue weighted by Crippen LogP contribution is -2.43. The van der Waals surface area contributed by atoms with Crippen molar-refractivity contribution in [1.82, 2.24) is 20.2 Å². The van der Waals surface area contributed by atoms with Gasteiger partial charge in [0.2, 0.25) is 0 Å². The Morgan fingerprint density at radius 2 is 1.78 bits per heavy atom. The summed E-state index contributed by atoms with van der Waals surface area (Å²) in [6, 6.07) is 16.4. The Hall–Kier alpha value is -3.78. The summed E-state index contributed by atoms with van der Waals surface area (Å²) in [5.41, 5.74) is 8.27. The number of amides is 2. The van der Waals surface area contributed by atoms with E-state index in [1.165, 1.54) is 6.20 Å². The number of hydrogen-bond acceptors (Lipinski definition) is 6. The molecule has 1 saturated heterocycles. The minimum atomic E-state index is -0.445. The summed E-state index contributed by atoms with van der Waals surface area (Å²) in [6.45, 7) is 1.94. The second-order valence-corrected chi connectivity index (χ2v) is 7.94. The maximum absolute atomic E-state index is 12.8. The number of piperidine rings is 1. The van der Waals surface area contributed by atoms with Crippen molar-refractivity contribution in [2.45, 2.75) is 18.9 Å². The SMILES string of the molecule is CN1CCC(NC(=O)c2cccc(-c3cnc(N)c(C(=O)Nc4ccccc4)n3)c2)CC1. The Morgan fingerprint density at radius 1 is 1.03 bits per heavy atom. The molecule has 0 bridgehead atoms. The average molecular weight is 431 g/mol. The Kier molecular flexibility index (Phi) is 6.42. The van der Waals surface area contributed by atoms with Gasteiger partial charge < -0.3 is 21.3 Å². The predicted octanol–water partition coefficient (Wildman–Crippen LogP) is 2.80. The number of benzene rings is 2. The van der Waals surface area contributed by atoms with Crippen molar-refractivity contribution in [3.63, 3.8) is 0 Å². The van der Waals surface area contributed by atoms with Gasteiger partial charge in [-0.3, -0.25) is 9.59 Å². The molecule has 1 aliphatic rings. The molecule has 2 amide bonds. The molecule has 2 aromatic carbocycles. The van der Waals surface area contributed by atoms with Gasteiger partial charge in [0.15, 0.2) is 11.5 Å². The van der Waals surface area contributed by atoms with Crippen molar-refractivity contribution in [3.8, 4) is 11.3 Å². The fourth-order valence-electron chi connectivity index (χ4n) is 3.66. The highest BCUT2D eigenvalue weighted by atomic mass is 16.2. The molecule has 4 rings (SSSR count). The zero-order chi connectivity index (χ0) is 22.5. The van der Waals surface area contributed by atoms with E-state index in [2.05, 4.69) is 32.5 Å². The number of hydrogen-bond donors (Lipinski definition) is 3. The Morgan fingerprint density at radius 3 is 2.53 bits per heavy atom. The summed E-state index contributed by atoms with van der Waals surface area (Å²) < 4.78 is 0. The van der Waals surface area contributed by atoms with Gasteiger partial charge in [-0.15, -0.1) is 0 Å². The van der Waals surface area contributed by atoms with Crippen molar-refractivity contribution < 1.29 is 9.59 Å². The molecule has 32 heavy (non-hydrogen) atoms. The number of nitrogen functional groups attached to an aromatic ring is 1. The predicted molar refractivity (Wildman–Crippen MR) is 124 cm³/mol. The van der Waals surface area contributed by atoms with Crippen LogP contribution in [0.3, 0.4) is 0 Å². The third-order valence-corrected chi connectivity index (χ3v) is 5.52. The molecule has 164 valence electrons. The molecule has 0 unspecified atom stereocenters. The Balaban J connectivity index is 1.52. The van der Waals surface area contributed by atoms with Crippen LogP contribution >= 0.6 is 0 Å². The minimum absolute atomic E-state index is 0.0348. The van der Waals surface area contributed by atoms with E-state index in [9.17, 15) is 9.59 Å². The van der Waals surface area contributed by atoms with E-state index in [-0.39, 0.29) is 23.5 Å². The van der Waals surface area contributed by atoms with Crippen molar-refractivity contribution in [2.24, 2.45) is 0 Å². The van der Waals surface area contributed by atoms with Crippen LogP contribution in [0.25, 0.3) is 11.3 Å². The lowest BCUT2D eigenvalue weighted by Gasteiger charge is -2.29. The second-order valence-electron chi connectivity index (χ2n) is 7.94. The van der Waals surface area contributed by atoms with Gasteiger partial charge in [0, 0.05) is 22.9 Å². The lowest BCUT2D eigenvalue weighted by atomic mass is 10.0. The number of nitrogens with two attached hydrogens (primary N) is 1. The van der Waals surface area contributed by atoms with Crippen LogP contribution in [0.5, 0.6) is 0 Å². The van der Waals surface area contributed by atoms with Crippen LogP contribution in [0.15, 0.2) is 60.8 Å². The highest BCUT2D eigenvalue weighted by Crippen LogP contribution is 2.21. The number of nitrogens with one attached hydrogen (secondary N) is 2. The molecule has 3 aromatic rings. The smallest absolute Gasteiger partial charge is 0.278 e. The maximum Gasteiger partial charge on any atom is 0.278 e. The largest absolute Gasteiger partial charge is 0.382 e. The second kappa shape index (κ2) is 9.57. The highest BCUT2D eigenvalue weighted by molar-refractivity contribution is 6.06. The first kappa shape index (κ1) is 21.5. The summed E-state index contributed by atoms with van der Waals surface area (Å²) in [4.78, 5) is 36.3. The van der Waals surface area contributed by atoms with E-state index in [0.717, 1.165) is 25.9 Å². The first-order valence-corrected chi connectivity index (χ1v) is 10.6. The molecular weight excluding hydrogens is 404 g/mol. The molecule has 4 N–H and O–H groups in total. The van der Waals surface area contributed by atoms with Crippen LogP contribution in [0.2, 0.25) is 0 Å². The van der Waals surface area contributed by atoms with E-state index in [1.54, 1.807) is 30.3 Å². The van der Waals surface area contributed by atoms with Gasteiger partial charge >= 0.3 is 0 Å². The summed E-state index contributed by atoms with van der Waals surface area (Å²) >= 11 is 0. The molecule has 8 nitrogen and oxygen atoms in total. The van der Waals surface area contributed by atoms with Crippen molar-refractivity contribution in [3.05, 3.63) is 72.1 Å². The number of para-hydroxylation sites is 1. The van der Waals surface area contributed by atoms with Crippen LogP contribution in [0, 0.1) is 0 Å². The van der Waals surface area contributed by atoms with Gasteiger partial charge in [0.1, 0.15) is 0 Å². The van der Waals surface area contributed by atoms with Crippen LogP contribution in [-0.4, -0.2) is 52.9 Å². The van der Waals surface area contributed by atoms with Gasteiger partial charge in [0.25, 0.3) is 11.8 Å². The average Bonchev–Trinajstić information content (AvgIpc) is 2.81. The number of carbonyl (C=O) groups excluding carboxylic acids is 2. The topological polar surface area (TPSA) is 113 Å². The molecule has 1 fully saturated rings. The molecule has 0 radical (unpaired) electrons. The van der Waals surface area contributed by atoms with Gasteiger partial charge in [-0.05, 0) is 57.2 Å². The molecule has 0 atom stereocenters. The standard InChI is InChI=1S/C24H26N6O2/c1-30-12-10-19(11-13-30)27-23(31)17-7-5-6-16(14-17)20-15-26-22(25)21(29-20)24(32)28-18-8-3-2-4-9-18/h2-9,14-15,19H,10-13H2,1H3,(H2,25,26)(H,27,31)(H,28,32). The molecule has 0 aliphatic carbocycles. The number of aromatic nitrogens is 2. The quantitative estimate of drug-likeness (QED) is 0.574. The molecule has 1 aliphatic heterocycles. The third-order valence-electron chi connectivity index (χ3n) is 5.52. The molecular formula is C24H26N6O2. The summed E-state index contributed by atoms with van der Waals surface area (Å²) in [5, 5.41) is 5.88. The number of carbonyl (C=O) groups is 2. The van der Waals surface area contributed by atoms with Gasteiger partial charge in [-0.2, -0.15) is 0 Å². The van der Waals surface area contributed by atoms with Crippen molar-refractivity contribution >= 4 is 23.3 Å². The number of nitrogens with zero attached hydrogens (tertiary/aromatic N) is 3. The van der Waals surface area contributed by atoms with E-state index in [4.69, 9.17) is 5.73 Å². The normalized spacial score (nSPS) is 14.7. The maximum atomic E-state index is 12.8. The third kappa shape index (κ3) is 5.09. The van der Waals surface area contributed by atoms with E-state index in [0.29, 0.717) is 22.5 Å². The van der Waals surface area contributed by atoms with E-state index in [1.807, 2.05) is 24.3 Å². The fraction of sp³-hybridized carbons (Fsp3) is 0.250. The highest BCUT2D eigenvalue weighted by Gasteiger charge is 2.20. The van der Waals surface area contributed by atoms with Crippen molar-refractivity contribution in [1.29, 1.82) is 0 Å². The molecule has 1 aromatic heterocycles. The molecule has 8 heteroatoms. The zero-order valence-corrected chi connectivity index (χ0v) is 17.9. The number of likely N-dealkylation sites (tertiary alicyclic amines) is 1. The lowest BCUT2D eigenvalue weighted by molar-refractivity contribution is 0.0916. The fourth-order valence-corrected chi connectivity index (χ4v) is 3.66. The zero-order valence-electron chi connectivity index (χ0n) is 17.9. The Labute approximate surface area is 186 Å². The van der Waals surface area contributed by atoms with Gasteiger partial charge in [0.05, 0.1) is 11.9 Å². The molecule has 0 saturated carbocycles. The van der Waals surface area contributed by atoms with Crippen LogP contribution in [0.1, 0.15) is 33.7 Å². The van der Waals surface area contributed by atoms with Crippen LogP contribution < -0.4 is 16.4 Å². The Bertz CT molecular complexity index is 1110. The first-order valence-electron chi connectivity index (χ1n) is 10.6. The first-order chi connectivity index (χ1) is 15.5. The number of anilines is 2. The number of rotatable bonds is 5. The minimum Gasteiger partial charge on any atom is -0.382 e. The summed E-state index contributed by atoms with van der Waals surface area (Å²) in [5.74, 6) is -0.524. The van der Waals surface area contributed by atoms with E-state index < -0.39 is 5.91 Å². The molecule has 0 spiro atoms. The van der Waals surface area contributed by atoms with Gasteiger partial charge in [-0.25, -0.2) is 9.97 Å². The molecule has 2 heterocycles. The van der Waals surface area contributed by atoms with Gasteiger partial charge in [-0.1, -0.05) is 30.3 Å². The monoisotopic (exact) mass is 430 g/mol. The van der Waals surface area contributed by atoms with Crippen LogP contribution in [-0.2, 0) is 0 Å². The van der Waals surface area contributed by atoms with Crippen molar-refractivity contribution in [2.75, 3.05) is 31.2 Å².